The summed E-state index contributed by atoms with van der Waals surface area (Å²) in [5.41, 5.74) is 0.880. The standard InChI is InChI=1S/C6H6Cl2N2/c1-9-4-2-5(7)10-6(8)3-4/h2-3H,1,9H2. The van der Waals surface area contributed by atoms with Crippen LogP contribution in [0, 0.1) is 7.05 Å². The molecule has 4 heteroatoms. The normalized spacial score (nSPS) is 9.90. The first-order valence-electron chi connectivity index (χ1n) is 2.68. The summed E-state index contributed by atoms with van der Waals surface area (Å²) < 4.78 is 0. The average Bonchev–Trinajstić information content (AvgIpc) is 1.85. The first-order chi connectivity index (χ1) is 4.72. The molecule has 0 aliphatic carbocycles. The number of halogens is 2. The van der Waals surface area contributed by atoms with Gasteiger partial charge in [-0.2, -0.15) is 0 Å². The van der Waals surface area contributed by atoms with Gasteiger partial charge in [0.05, 0.1) is 0 Å². The topological polar surface area (TPSA) is 29.5 Å². The number of nitrogens with two attached hydrogens (primary N) is 1. The third-order valence-corrected chi connectivity index (χ3v) is 1.41. The molecule has 1 aromatic rings. The molecule has 10 heavy (non-hydrogen) atoms. The van der Waals surface area contributed by atoms with E-state index in [9.17, 15) is 0 Å². The minimum absolute atomic E-state index is 0.391. The molecule has 2 N–H and O–H groups in total. The van der Waals surface area contributed by atoms with Crippen molar-refractivity contribution in [2.45, 2.75) is 0 Å². The first kappa shape index (κ1) is 7.79. The Labute approximate surface area is 69.2 Å². The molecule has 0 fully saturated rings. The van der Waals surface area contributed by atoms with Crippen molar-refractivity contribution in [3.8, 4) is 0 Å². The number of quaternary nitrogens is 1. The molecule has 0 aromatic carbocycles. The number of pyridine rings is 1. The summed E-state index contributed by atoms with van der Waals surface area (Å²) >= 11 is 11.2. The fraction of sp³-hybridized carbons (Fsp3) is 0. The van der Waals surface area contributed by atoms with Crippen LogP contribution in [-0.2, 0) is 0 Å². The highest BCUT2D eigenvalue weighted by molar-refractivity contribution is 6.32. The molecule has 0 bridgehead atoms. The van der Waals surface area contributed by atoms with E-state index in [1.807, 2.05) is 0 Å². The van der Waals surface area contributed by atoms with Crippen LogP contribution in [0.15, 0.2) is 12.1 Å². The lowest BCUT2D eigenvalue weighted by molar-refractivity contribution is -0.504. The summed E-state index contributed by atoms with van der Waals surface area (Å²) in [5, 5.41) is 2.45. The van der Waals surface area contributed by atoms with Crippen LogP contribution in [0.3, 0.4) is 0 Å². The number of aromatic nitrogens is 1. The van der Waals surface area contributed by atoms with E-state index >= 15 is 0 Å². The van der Waals surface area contributed by atoms with Crippen molar-refractivity contribution in [2.75, 3.05) is 0 Å². The van der Waals surface area contributed by atoms with Crippen molar-refractivity contribution in [3.05, 3.63) is 29.5 Å². The summed E-state index contributed by atoms with van der Waals surface area (Å²) in [5.74, 6) is 0. The van der Waals surface area contributed by atoms with Crippen LogP contribution in [0.5, 0.6) is 0 Å². The highest BCUT2D eigenvalue weighted by atomic mass is 35.5. The van der Waals surface area contributed by atoms with Crippen molar-refractivity contribution in [1.29, 1.82) is 0 Å². The average molecular weight is 177 g/mol. The van der Waals surface area contributed by atoms with Crippen molar-refractivity contribution in [2.24, 2.45) is 0 Å². The monoisotopic (exact) mass is 176 g/mol. The van der Waals surface area contributed by atoms with Crippen molar-refractivity contribution in [3.63, 3.8) is 0 Å². The highest BCUT2D eigenvalue weighted by Gasteiger charge is 1.97. The third kappa shape index (κ3) is 1.84. The maximum absolute atomic E-state index is 5.59. The van der Waals surface area contributed by atoms with Crippen LogP contribution >= 0.6 is 23.2 Å². The Hall–Kier alpha value is -0.310. The Balaban J connectivity index is 3.06. The minimum atomic E-state index is 0.391. The Morgan fingerprint density at radius 3 is 2.20 bits per heavy atom. The van der Waals surface area contributed by atoms with E-state index in [1.54, 1.807) is 17.4 Å². The Morgan fingerprint density at radius 2 is 1.80 bits per heavy atom. The second kappa shape index (κ2) is 3.19. The zero-order valence-corrected chi connectivity index (χ0v) is 6.65. The molecule has 2 nitrogen and oxygen atoms in total. The number of rotatable bonds is 1. The van der Waals surface area contributed by atoms with Crippen molar-refractivity contribution in [1.82, 2.24) is 4.98 Å². The number of hydrogen-bond acceptors (Lipinski definition) is 1. The van der Waals surface area contributed by atoms with Gasteiger partial charge in [-0.05, 0) is 0 Å². The van der Waals surface area contributed by atoms with E-state index in [-0.39, 0.29) is 0 Å². The quantitative estimate of drug-likeness (QED) is 0.509. The SMILES string of the molecule is [CH2-][NH2+]c1cc(Cl)nc(Cl)c1. The van der Waals surface area contributed by atoms with Crippen molar-refractivity contribution >= 4 is 28.9 Å². The lowest BCUT2D eigenvalue weighted by atomic mass is 10.4. The lowest BCUT2D eigenvalue weighted by Crippen LogP contribution is -2.69. The Kier molecular flexibility index (Phi) is 2.49. The molecule has 0 aliphatic heterocycles. The van der Waals surface area contributed by atoms with Crippen LogP contribution in [-0.4, -0.2) is 4.98 Å². The molecule has 0 saturated carbocycles. The zero-order valence-electron chi connectivity index (χ0n) is 5.14. The molecule has 0 saturated heterocycles. The Bertz CT molecular complexity index is 217. The predicted molar refractivity (Wildman–Crippen MR) is 41.2 cm³/mol. The fourth-order valence-electron chi connectivity index (χ4n) is 0.601. The molecule has 54 valence electrons. The minimum Gasteiger partial charge on any atom is -0.446 e. The van der Waals surface area contributed by atoms with Gasteiger partial charge in [-0.15, -0.1) is 7.05 Å². The number of hydrogen-bond donors (Lipinski definition) is 1. The van der Waals surface area contributed by atoms with E-state index < -0.39 is 0 Å². The molecule has 1 aromatic heterocycles. The van der Waals surface area contributed by atoms with Crippen LogP contribution in [0.1, 0.15) is 0 Å². The van der Waals surface area contributed by atoms with Crippen LogP contribution in [0.25, 0.3) is 0 Å². The summed E-state index contributed by atoms with van der Waals surface area (Å²) in [6.45, 7) is 0. The van der Waals surface area contributed by atoms with E-state index in [1.165, 1.54) is 0 Å². The van der Waals surface area contributed by atoms with Gasteiger partial charge in [0.1, 0.15) is 16.0 Å². The van der Waals surface area contributed by atoms with E-state index in [0.29, 0.717) is 10.3 Å². The van der Waals surface area contributed by atoms with Crippen LogP contribution in [0.4, 0.5) is 5.69 Å². The second-order valence-electron chi connectivity index (χ2n) is 1.75. The lowest BCUT2D eigenvalue weighted by Gasteiger charge is -1.98. The smallest absolute Gasteiger partial charge is 0.136 e. The molecular weight excluding hydrogens is 171 g/mol. The molecule has 0 atom stereocenters. The summed E-state index contributed by atoms with van der Waals surface area (Å²) in [4.78, 5) is 3.77. The fourth-order valence-corrected chi connectivity index (χ4v) is 1.08. The molecule has 0 aliphatic rings. The van der Waals surface area contributed by atoms with Gasteiger partial charge in [0, 0.05) is 12.1 Å². The van der Waals surface area contributed by atoms with Gasteiger partial charge < -0.3 is 5.32 Å². The molecule has 1 heterocycles. The zero-order chi connectivity index (χ0) is 7.56. The first-order valence-corrected chi connectivity index (χ1v) is 3.43. The van der Waals surface area contributed by atoms with Crippen molar-refractivity contribution < 1.29 is 5.32 Å². The van der Waals surface area contributed by atoms with E-state index in [4.69, 9.17) is 23.2 Å². The van der Waals surface area contributed by atoms with Gasteiger partial charge in [-0.25, -0.2) is 4.98 Å². The van der Waals surface area contributed by atoms with E-state index in [0.717, 1.165) is 5.69 Å². The van der Waals surface area contributed by atoms with Crippen LogP contribution in [0.2, 0.25) is 10.3 Å². The van der Waals surface area contributed by atoms with Gasteiger partial charge in [-0.1, -0.05) is 23.2 Å². The summed E-state index contributed by atoms with van der Waals surface area (Å²) in [7, 11) is 3.57. The summed E-state index contributed by atoms with van der Waals surface area (Å²) in [6.07, 6.45) is 0. The molecule has 1 rings (SSSR count). The Morgan fingerprint density at radius 1 is 1.30 bits per heavy atom. The van der Waals surface area contributed by atoms with Gasteiger partial charge in [0.25, 0.3) is 0 Å². The van der Waals surface area contributed by atoms with Gasteiger partial charge in [-0.3, -0.25) is 0 Å². The summed E-state index contributed by atoms with van der Waals surface area (Å²) in [6, 6.07) is 3.39. The molecule has 0 amide bonds. The van der Waals surface area contributed by atoms with Gasteiger partial charge in [0.2, 0.25) is 0 Å². The molecule has 0 radical (unpaired) electrons. The highest BCUT2D eigenvalue weighted by Crippen LogP contribution is 2.14. The van der Waals surface area contributed by atoms with Gasteiger partial charge in [0.15, 0.2) is 0 Å². The second-order valence-corrected chi connectivity index (χ2v) is 2.52. The molecule has 0 unspecified atom stereocenters. The van der Waals surface area contributed by atoms with E-state index in [2.05, 4.69) is 12.0 Å². The molecular formula is C6H6Cl2N2. The van der Waals surface area contributed by atoms with Crippen LogP contribution < -0.4 is 5.32 Å². The third-order valence-electron chi connectivity index (χ3n) is 1.02. The maximum atomic E-state index is 5.59. The largest absolute Gasteiger partial charge is 0.446 e. The maximum Gasteiger partial charge on any atom is 0.136 e. The number of nitrogens with zero attached hydrogens (tertiary/aromatic N) is 1. The molecule has 0 spiro atoms. The predicted octanol–water partition coefficient (Wildman–Crippen LogP) is 1.37. The van der Waals surface area contributed by atoms with Gasteiger partial charge >= 0.3 is 0 Å².